The molecule has 1 N–H and O–H groups in total. The molecule has 8 nitrogen and oxygen atoms in total. The summed E-state index contributed by atoms with van der Waals surface area (Å²) in [5, 5.41) is 0.904. The monoisotopic (exact) mass is 458 g/mol. The Hall–Kier alpha value is -1.74. The highest BCUT2D eigenvalue weighted by Crippen LogP contribution is 2.31. The van der Waals surface area contributed by atoms with E-state index in [0.717, 1.165) is 5.65 Å². The number of fused-ring (bicyclic) bond motifs is 2. The Bertz CT molecular complexity index is 1120. The first-order valence-corrected chi connectivity index (χ1v) is 10.1. The van der Waals surface area contributed by atoms with E-state index in [2.05, 4.69) is 39.5 Å². The lowest BCUT2D eigenvalue weighted by Gasteiger charge is -2.23. The summed E-state index contributed by atoms with van der Waals surface area (Å²) in [7, 11) is 0. The topological polar surface area (TPSA) is 98.1 Å². The van der Waals surface area contributed by atoms with Crippen LogP contribution in [0.5, 0.6) is 0 Å². The van der Waals surface area contributed by atoms with E-state index in [1.807, 2.05) is 0 Å². The van der Waals surface area contributed by atoms with Gasteiger partial charge in [0, 0.05) is 6.04 Å². The van der Waals surface area contributed by atoms with Gasteiger partial charge in [0.25, 0.3) is 0 Å². The number of H-pyrrole nitrogens is 1. The van der Waals surface area contributed by atoms with E-state index < -0.39 is 0 Å². The number of halogens is 4. The van der Waals surface area contributed by atoms with Crippen molar-refractivity contribution in [2.75, 3.05) is 0 Å². The van der Waals surface area contributed by atoms with Crippen molar-refractivity contribution in [2.45, 2.75) is 38.1 Å². The van der Waals surface area contributed by atoms with Crippen LogP contribution in [0.4, 0.5) is 0 Å². The van der Waals surface area contributed by atoms with Crippen LogP contribution in [0.2, 0.25) is 20.9 Å². The standard InChI is InChI=1S/C11H12Cl2N4.C5H2Cl2N4/c12-9-8-10(16-11(13)15-9)17(6-14-8)7-4-2-1-3-5-7;6-3-2-4(9-1-8-2)11-5(7)10-3/h6-7H,1-5H2;1H,(H,8,9,10,11). The molecular weight excluding hydrogens is 446 g/mol. The molecule has 0 unspecified atom stereocenters. The van der Waals surface area contributed by atoms with E-state index in [0.29, 0.717) is 27.9 Å². The van der Waals surface area contributed by atoms with E-state index in [4.69, 9.17) is 46.4 Å². The average molecular weight is 460 g/mol. The smallest absolute Gasteiger partial charge is 0.225 e. The van der Waals surface area contributed by atoms with Crippen LogP contribution in [0.25, 0.3) is 22.3 Å². The number of hydrogen-bond donors (Lipinski definition) is 1. The molecule has 0 saturated heterocycles. The summed E-state index contributed by atoms with van der Waals surface area (Å²) in [6, 6.07) is 0.468. The fraction of sp³-hybridized carbons (Fsp3) is 0.375. The third-order valence-electron chi connectivity index (χ3n) is 4.53. The maximum absolute atomic E-state index is 6.00. The van der Waals surface area contributed by atoms with Crippen LogP contribution in [0.1, 0.15) is 38.1 Å². The van der Waals surface area contributed by atoms with Gasteiger partial charge in [-0.15, -0.1) is 0 Å². The van der Waals surface area contributed by atoms with E-state index >= 15 is 0 Å². The average Bonchev–Trinajstić information content (AvgIpc) is 3.30. The minimum Gasteiger partial charge on any atom is -0.341 e. The summed E-state index contributed by atoms with van der Waals surface area (Å²) in [5.41, 5.74) is 2.48. The molecule has 146 valence electrons. The maximum Gasteiger partial charge on any atom is 0.225 e. The van der Waals surface area contributed by atoms with Crippen LogP contribution in [0.3, 0.4) is 0 Å². The van der Waals surface area contributed by atoms with E-state index in [9.17, 15) is 0 Å². The summed E-state index contributed by atoms with van der Waals surface area (Å²) in [6.07, 6.45) is 9.47. The fourth-order valence-corrected chi connectivity index (χ4v) is 4.10. The second kappa shape index (κ2) is 8.32. The normalized spacial score (nSPS) is 15.0. The SMILES string of the molecule is Clc1nc(Cl)c2[nH]cnc2n1.Clc1nc(Cl)c2ncn(C3CCCCC3)c2n1. The third-order valence-corrected chi connectivity index (χ3v) is 5.41. The lowest BCUT2D eigenvalue weighted by molar-refractivity contribution is 0.358. The highest BCUT2D eigenvalue weighted by Gasteiger charge is 2.19. The molecule has 1 aliphatic rings. The Morgan fingerprint density at radius 2 is 1.57 bits per heavy atom. The second-order valence-electron chi connectivity index (χ2n) is 6.28. The van der Waals surface area contributed by atoms with Gasteiger partial charge in [0.05, 0.1) is 12.7 Å². The highest BCUT2D eigenvalue weighted by atomic mass is 35.5. The molecule has 1 fully saturated rings. The molecule has 0 spiro atoms. The number of nitrogens with zero attached hydrogens (tertiary/aromatic N) is 7. The number of imidazole rings is 2. The van der Waals surface area contributed by atoms with Crippen LogP contribution >= 0.6 is 46.4 Å². The highest BCUT2D eigenvalue weighted by molar-refractivity contribution is 6.35. The molecule has 0 atom stereocenters. The van der Waals surface area contributed by atoms with Crippen LogP contribution in [-0.2, 0) is 0 Å². The number of hydrogen-bond acceptors (Lipinski definition) is 6. The third kappa shape index (κ3) is 4.00. The van der Waals surface area contributed by atoms with Crippen LogP contribution in [0, 0.1) is 0 Å². The van der Waals surface area contributed by atoms with E-state index in [1.54, 1.807) is 6.33 Å². The molecule has 0 aromatic carbocycles. The van der Waals surface area contributed by atoms with Gasteiger partial charge in [-0.2, -0.15) is 9.97 Å². The number of aromatic nitrogens is 8. The Balaban J connectivity index is 0.000000151. The molecule has 1 saturated carbocycles. The van der Waals surface area contributed by atoms with Gasteiger partial charge < -0.3 is 9.55 Å². The Kier molecular flexibility index (Phi) is 5.82. The van der Waals surface area contributed by atoms with Crippen molar-refractivity contribution in [1.29, 1.82) is 0 Å². The summed E-state index contributed by atoms with van der Waals surface area (Å²) in [5.74, 6) is 0. The van der Waals surface area contributed by atoms with Gasteiger partial charge in [0.1, 0.15) is 11.0 Å². The summed E-state index contributed by atoms with van der Waals surface area (Å²) in [4.78, 5) is 26.6. The van der Waals surface area contributed by atoms with Gasteiger partial charge in [0.15, 0.2) is 21.6 Å². The van der Waals surface area contributed by atoms with Crippen molar-refractivity contribution in [1.82, 2.24) is 39.5 Å². The Morgan fingerprint density at radius 1 is 0.857 bits per heavy atom. The quantitative estimate of drug-likeness (QED) is 0.306. The van der Waals surface area contributed by atoms with Crippen molar-refractivity contribution < 1.29 is 0 Å². The molecule has 28 heavy (non-hydrogen) atoms. The van der Waals surface area contributed by atoms with E-state index in [1.165, 1.54) is 38.4 Å². The first-order chi connectivity index (χ1) is 13.5. The molecule has 4 aromatic heterocycles. The minimum absolute atomic E-state index is 0.106. The zero-order valence-corrected chi connectivity index (χ0v) is 17.4. The number of aromatic amines is 1. The van der Waals surface area contributed by atoms with Gasteiger partial charge >= 0.3 is 0 Å². The molecule has 0 radical (unpaired) electrons. The van der Waals surface area contributed by atoms with Gasteiger partial charge in [-0.1, -0.05) is 42.5 Å². The molecule has 1 aliphatic carbocycles. The van der Waals surface area contributed by atoms with Crippen LogP contribution < -0.4 is 0 Å². The zero-order chi connectivity index (χ0) is 19.7. The number of nitrogens with one attached hydrogen (secondary N) is 1. The Labute approximate surface area is 179 Å². The van der Waals surface area contributed by atoms with Crippen molar-refractivity contribution in [3.05, 3.63) is 33.5 Å². The van der Waals surface area contributed by atoms with Crippen molar-refractivity contribution in [2.24, 2.45) is 0 Å². The summed E-state index contributed by atoms with van der Waals surface area (Å²) >= 11 is 23.1. The Morgan fingerprint density at radius 3 is 2.36 bits per heavy atom. The van der Waals surface area contributed by atoms with Gasteiger partial charge in [0.2, 0.25) is 10.6 Å². The van der Waals surface area contributed by atoms with Crippen LogP contribution in [-0.4, -0.2) is 39.5 Å². The minimum atomic E-state index is 0.106. The molecular formula is C16H14Cl4N8. The second-order valence-corrected chi connectivity index (χ2v) is 7.68. The molecule has 4 aromatic rings. The molecule has 0 bridgehead atoms. The fourth-order valence-electron chi connectivity index (χ4n) is 3.26. The van der Waals surface area contributed by atoms with Crippen molar-refractivity contribution in [3.8, 4) is 0 Å². The largest absolute Gasteiger partial charge is 0.341 e. The lowest BCUT2D eigenvalue weighted by atomic mass is 9.95. The summed E-state index contributed by atoms with van der Waals surface area (Å²) in [6.45, 7) is 0. The summed E-state index contributed by atoms with van der Waals surface area (Å²) < 4.78 is 2.09. The molecule has 0 aliphatic heterocycles. The first kappa shape index (κ1) is 19.6. The zero-order valence-electron chi connectivity index (χ0n) is 14.4. The van der Waals surface area contributed by atoms with Gasteiger partial charge in [-0.25, -0.2) is 19.9 Å². The molecule has 0 amide bonds. The predicted molar refractivity (Wildman–Crippen MR) is 109 cm³/mol. The maximum atomic E-state index is 6.00. The van der Waals surface area contributed by atoms with Crippen LogP contribution in [0.15, 0.2) is 12.7 Å². The molecule has 12 heteroatoms. The predicted octanol–water partition coefficient (Wildman–Crippen LogP) is 5.30. The van der Waals surface area contributed by atoms with Gasteiger partial charge in [-0.3, -0.25) is 0 Å². The van der Waals surface area contributed by atoms with Gasteiger partial charge in [-0.05, 0) is 36.0 Å². The molecule has 4 heterocycles. The van der Waals surface area contributed by atoms with Crippen molar-refractivity contribution in [3.63, 3.8) is 0 Å². The number of rotatable bonds is 1. The lowest BCUT2D eigenvalue weighted by Crippen LogP contribution is -2.12. The first-order valence-electron chi connectivity index (χ1n) is 8.60. The van der Waals surface area contributed by atoms with E-state index in [-0.39, 0.29) is 15.7 Å². The van der Waals surface area contributed by atoms with Crippen molar-refractivity contribution >= 4 is 68.7 Å². The molecule has 5 rings (SSSR count).